The fourth-order valence-corrected chi connectivity index (χ4v) is 2.76. The number of hydrogen-bond donors (Lipinski definition) is 1. The quantitative estimate of drug-likeness (QED) is 0.883. The van der Waals surface area contributed by atoms with Gasteiger partial charge in [-0.05, 0) is 26.0 Å². The second kappa shape index (κ2) is 6.19. The molecule has 1 fully saturated rings. The van der Waals surface area contributed by atoms with Gasteiger partial charge in [0.05, 0.1) is 30.1 Å². The van der Waals surface area contributed by atoms with E-state index in [1.54, 1.807) is 38.2 Å². The van der Waals surface area contributed by atoms with Crippen LogP contribution in [-0.2, 0) is 9.53 Å². The van der Waals surface area contributed by atoms with Crippen molar-refractivity contribution in [3.63, 3.8) is 0 Å². The Labute approximate surface area is 144 Å². The number of amides is 2. The van der Waals surface area contributed by atoms with Crippen LogP contribution in [0.25, 0.3) is 11.0 Å². The topological polar surface area (TPSA) is 108 Å². The molecule has 1 aliphatic rings. The number of cyclic esters (lactones) is 1. The van der Waals surface area contributed by atoms with E-state index in [2.05, 4.69) is 9.97 Å². The van der Waals surface area contributed by atoms with E-state index >= 15 is 0 Å². The molecule has 2 aromatic heterocycles. The number of fused-ring (bicyclic) bond motifs is 1. The van der Waals surface area contributed by atoms with E-state index in [9.17, 15) is 9.59 Å². The summed E-state index contributed by atoms with van der Waals surface area (Å²) in [6, 6.07) is 5.30. The Morgan fingerprint density at radius 2 is 2.20 bits per heavy atom. The molecule has 2 N–H and O–H groups in total. The van der Waals surface area contributed by atoms with Crippen molar-refractivity contribution in [1.82, 2.24) is 14.9 Å². The van der Waals surface area contributed by atoms with Crippen LogP contribution in [0, 0.1) is 5.41 Å². The Morgan fingerprint density at radius 1 is 1.44 bits per heavy atom. The van der Waals surface area contributed by atoms with E-state index in [1.807, 2.05) is 0 Å². The Bertz CT molecular complexity index is 837. The lowest BCUT2D eigenvalue weighted by molar-refractivity contribution is -0.126. The number of methoxy groups -OCH3 is 1. The number of primary amides is 1. The van der Waals surface area contributed by atoms with Gasteiger partial charge in [-0.2, -0.15) is 0 Å². The van der Waals surface area contributed by atoms with Crippen LogP contribution in [0.2, 0.25) is 0 Å². The number of pyridine rings is 2. The molecule has 132 valence electrons. The number of carbonyl (C=O) groups excluding carboxylic acids is 2. The molecular formula is C17H20N4O4. The van der Waals surface area contributed by atoms with Gasteiger partial charge in [0, 0.05) is 24.4 Å². The van der Waals surface area contributed by atoms with Crippen molar-refractivity contribution >= 4 is 23.0 Å². The molecule has 0 unspecified atom stereocenters. The maximum absolute atomic E-state index is 12.2. The van der Waals surface area contributed by atoms with Gasteiger partial charge in [-0.1, -0.05) is 0 Å². The van der Waals surface area contributed by atoms with Crippen molar-refractivity contribution in [2.45, 2.75) is 20.0 Å². The van der Waals surface area contributed by atoms with Crippen LogP contribution in [-0.4, -0.2) is 47.1 Å². The largest absolute Gasteiger partial charge is 0.481 e. The highest BCUT2D eigenvalue weighted by atomic mass is 16.6. The number of carbonyl (C=O) groups is 2. The van der Waals surface area contributed by atoms with E-state index in [4.69, 9.17) is 15.2 Å². The molecule has 2 amide bonds. The highest BCUT2D eigenvalue weighted by Crippen LogP contribution is 2.32. The first kappa shape index (κ1) is 16.9. The van der Waals surface area contributed by atoms with Crippen molar-refractivity contribution in [1.29, 1.82) is 0 Å². The highest BCUT2D eigenvalue weighted by molar-refractivity contribution is 5.82. The molecule has 0 spiro atoms. The van der Waals surface area contributed by atoms with Gasteiger partial charge in [-0.15, -0.1) is 0 Å². The van der Waals surface area contributed by atoms with Crippen molar-refractivity contribution in [2.75, 3.05) is 20.2 Å². The molecule has 0 aliphatic carbocycles. The number of nitrogens with two attached hydrogens (primary N) is 1. The van der Waals surface area contributed by atoms with Crippen LogP contribution in [0.1, 0.15) is 25.5 Å². The van der Waals surface area contributed by atoms with E-state index in [1.165, 1.54) is 12.0 Å². The lowest BCUT2D eigenvalue weighted by Crippen LogP contribution is -2.43. The average molecular weight is 344 g/mol. The maximum atomic E-state index is 12.2. The first-order valence-corrected chi connectivity index (χ1v) is 7.87. The highest BCUT2D eigenvalue weighted by Gasteiger charge is 2.38. The first-order valence-electron chi connectivity index (χ1n) is 7.87. The third-order valence-electron chi connectivity index (χ3n) is 4.29. The van der Waals surface area contributed by atoms with Gasteiger partial charge < -0.3 is 20.1 Å². The second-order valence-electron chi connectivity index (χ2n) is 6.62. The van der Waals surface area contributed by atoms with E-state index < -0.39 is 23.5 Å². The second-order valence-corrected chi connectivity index (χ2v) is 6.62. The molecule has 3 rings (SSSR count). The smallest absolute Gasteiger partial charge is 0.410 e. The molecule has 0 saturated carbocycles. The van der Waals surface area contributed by atoms with Crippen LogP contribution in [0.5, 0.6) is 5.88 Å². The Morgan fingerprint density at radius 3 is 2.88 bits per heavy atom. The Hall–Kier alpha value is -2.90. The fourth-order valence-electron chi connectivity index (χ4n) is 2.76. The van der Waals surface area contributed by atoms with Gasteiger partial charge in [0.1, 0.15) is 6.10 Å². The summed E-state index contributed by atoms with van der Waals surface area (Å²) in [5.74, 6) is -0.0118. The summed E-state index contributed by atoms with van der Waals surface area (Å²) in [6.45, 7) is 3.90. The summed E-state index contributed by atoms with van der Waals surface area (Å²) in [4.78, 5) is 33.9. The predicted octanol–water partition coefficient (Wildman–Crippen LogP) is 1.64. The molecule has 1 aliphatic heterocycles. The van der Waals surface area contributed by atoms with Crippen LogP contribution in [0.15, 0.2) is 24.4 Å². The van der Waals surface area contributed by atoms with Gasteiger partial charge in [0.25, 0.3) is 0 Å². The molecule has 25 heavy (non-hydrogen) atoms. The lowest BCUT2D eigenvalue weighted by Gasteiger charge is -2.25. The minimum atomic E-state index is -0.838. The van der Waals surface area contributed by atoms with Gasteiger partial charge in [-0.3, -0.25) is 9.78 Å². The first-order chi connectivity index (χ1) is 11.8. The third-order valence-corrected chi connectivity index (χ3v) is 4.29. The normalized spacial score (nSPS) is 17.6. The number of nitrogens with zero attached hydrogens (tertiary/aromatic N) is 3. The maximum Gasteiger partial charge on any atom is 0.410 e. The standard InChI is InChI=1S/C17H20N4O4/c1-17(2,15(18)22)9-21-8-12(25-16(21)23)10-6-7-19-11-4-5-13(24-3)20-14(10)11/h4-7,12H,8-9H2,1-3H3,(H2,18,22)/t12-/m0/s1. The van der Waals surface area contributed by atoms with E-state index in [0.717, 1.165) is 5.56 Å². The van der Waals surface area contributed by atoms with Crippen molar-refractivity contribution in [3.05, 3.63) is 30.0 Å². The van der Waals surface area contributed by atoms with Gasteiger partial charge >= 0.3 is 6.09 Å². The number of rotatable bonds is 5. The predicted molar refractivity (Wildman–Crippen MR) is 89.9 cm³/mol. The monoisotopic (exact) mass is 344 g/mol. The van der Waals surface area contributed by atoms with Crippen molar-refractivity contribution in [3.8, 4) is 5.88 Å². The molecule has 0 aromatic carbocycles. The van der Waals surface area contributed by atoms with Crippen LogP contribution >= 0.6 is 0 Å². The zero-order valence-corrected chi connectivity index (χ0v) is 14.4. The SMILES string of the molecule is COc1ccc2nccc([C@@H]3CN(CC(C)(C)C(N)=O)C(=O)O3)c2n1. The van der Waals surface area contributed by atoms with Crippen molar-refractivity contribution < 1.29 is 19.1 Å². The van der Waals surface area contributed by atoms with Crippen molar-refractivity contribution in [2.24, 2.45) is 11.1 Å². The van der Waals surface area contributed by atoms with E-state index in [0.29, 0.717) is 23.5 Å². The summed E-state index contributed by atoms with van der Waals surface area (Å²) in [7, 11) is 1.54. The van der Waals surface area contributed by atoms with Gasteiger partial charge in [0.15, 0.2) is 0 Å². The Balaban J connectivity index is 1.90. The third kappa shape index (κ3) is 3.19. The molecule has 8 heteroatoms. The summed E-state index contributed by atoms with van der Waals surface area (Å²) in [5, 5.41) is 0. The summed E-state index contributed by atoms with van der Waals surface area (Å²) < 4.78 is 10.7. The number of hydrogen-bond acceptors (Lipinski definition) is 6. The Kier molecular flexibility index (Phi) is 4.20. The van der Waals surface area contributed by atoms with E-state index in [-0.39, 0.29) is 6.54 Å². The molecule has 8 nitrogen and oxygen atoms in total. The lowest BCUT2D eigenvalue weighted by atomic mass is 9.92. The van der Waals surface area contributed by atoms with Gasteiger partial charge in [-0.25, -0.2) is 9.78 Å². The van der Waals surface area contributed by atoms with Crippen LogP contribution in [0.3, 0.4) is 0 Å². The molecule has 1 atom stereocenters. The average Bonchev–Trinajstić information content (AvgIpc) is 2.93. The molecular weight excluding hydrogens is 324 g/mol. The molecule has 2 aromatic rings. The summed E-state index contributed by atoms with van der Waals surface area (Å²) >= 11 is 0. The zero-order valence-electron chi connectivity index (χ0n) is 14.4. The number of aromatic nitrogens is 2. The minimum Gasteiger partial charge on any atom is -0.481 e. The van der Waals surface area contributed by atoms with Crippen LogP contribution < -0.4 is 10.5 Å². The summed E-state index contributed by atoms with van der Waals surface area (Å²) in [6.07, 6.45) is 0.670. The number of ether oxygens (including phenoxy) is 2. The van der Waals surface area contributed by atoms with Crippen LogP contribution in [0.4, 0.5) is 4.79 Å². The fraction of sp³-hybridized carbons (Fsp3) is 0.412. The zero-order chi connectivity index (χ0) is 18.2. The van der Waals surface area contributed by atoms with Gasteiger partial charge in [0.2, 0.25) is 11.8 Å². The molecule has 0 bridgehead atoms. The molecule has 1 saturated heterocycles. The minimum absolute atomic E-state index is 0.192. The molecule has 3 heterocycles. The summed E-state index contributed by atoms with van der Waals surface area (Å²) in [5.41, 5.74) is 6.61. The molecule has 0 radical (unpaired) electrons.